The minimum Gasteiger partial charge on any atom is -0.396 e. The van der Waals surface area contributed by atoms with Gasteiger partial charge in [0, 0.05) is 57.1 Å². The van der Waals surface area contributed by atoms with E-state index in [0.29, 0.717) is 12.5 Å². The molecule has 1 aromatic carbocycles. The van der Waals surface area contributed by atoms with E-state index in [1.165, 1.54) is 6.07 Å². The highest BCUT2D eigenvalue weighted by atomic mass is 16.6. The van der Waals surface area contributed by atoms with Crippen LogP contribution in [-0.4, -0.2) is 66.2 Å². The number of carbonyl (C=O) groups excluding carboxylic acids is 1. The van der Waals surface area contributed by atoms with Gasteiger partial charge in [-0.1, -0.05) is 0 Å². The maximum Gasteiger partial charge on any atom is 0.282 e. The Morgan fingerprint density at radius 1 is 1.28 bits per heavy atom. The summed E-state index contributed by atoms with van der Waals surface area (Å²) in [6.45, 7) is 4.28. The first-order valence-electron chi connectivity index (χ1n) is 8.76. The van der Waals surface area contributed by atoms with Gasteiger partial charge < -0.3 is 20.2 Å². The molecule has 0 atom stereocenters. The predicted molar refractivity (Wildman–Crippen MR) is 93.9 cm³/mol. The number of benzene rings is 1. The number of anilines is 1. The number of rotatable bonds is 6. The summed E-state index contributed by atoms with van der Waals surface area (Å²) in [5.74, 6) is -0.468. The first-order chi connectivity index (χ1) is 12.1. The van der Waals surface area contributed by atoms with Crippen LogP contribution in [0.4, 0.5) is 11.4 Å². The second kappa shape index (κ2) is 7.79. The zero-order chi connectivity index (χ0) is 17.8. The molecule has 3 heterocycles. The van der Waals surface area contributed by atoms with Crippen molar-refractivity contribution in [3.8, 4) is 0 Å². The van der Waals surface area contributed by atoms with E-state index in [2.05, 4.69) is 15.1 Å². The van der Waals surface area contributed by atoms with Crippen molar-refractivity contribution in [1.29, 1.82) is 0 Å². The summed E-state index contributed by atoms with van der Waals surface area (Å²) in [5, 5.41) is 22.8. The molecule has 0 aliphatic carbocycles. The number of nitro benzene ring substituents is 1. The standard InChI is InChI=1S/C17H24N4O4/c22-11-1-6-18-17(23)15-12-14(2-3-16(15)21(24)25)20-10-9-19-7-4-13(20)5-8-19/h2-3,12-13,22H,1,4-11H2,(H,18,23). The molecule has 1 amide bonds. The van der Waals surface area contributed by atoms with E-state index in [0.717, 1.165) is 44.7 Å². The number of carbonyl (C=O) groups is 1. The van der Waals surface area contributed by atoms with Crippen LogP contribution in [0.15, 0.2) is 18.2 Å². The quantitative estimate of drug-likeness (QED) is 0.452. The molecular formula is C17H24N4O4. The maximum atomic E-state index is 12.4. The monoisotopic (exact) mass is 348 g/mol. The van der Waals surface area contributed by atoms with Crippen LogP contribution in [-0.2, 0) is 0 Å². The Morgan fingerprint density at radius 2 is 2.04 bits per heavy atom. The smallest absolute Gasteiger partial charge is 0.282 e. The highest BCUT2D eigenvalue weighted by Gasteiger charge is 2.30. The van der Waals surface area contributed by atoms with Crippen LogP contribution in [0.1, 0.15) is 29.6 Å². The van der Waals surface area contributed by atoms with Gasteiger partial charge >= 0.3 is 0 Å². The maximum absolute atomic E-state index is 12.4. The molecule has 2 bridgehead atoms. The first kappa shape index (κ1) is 17.6. The highest BCUT2D eigenvalue weighted by molar-refractivity contribution is 5.99. The van der Waals surface area contributed by atoms with Crippen molar-refractivity contribution in [1.82, 2.24) is 10.2 Å². The molecule has 8 nitrogen and oxygen atoms in total. The minimum atomic E-state index is -0.523. The zero-order valence-corrected chi connectivity index (χ0v) is 14.2. The van der Waals surface area contributed by atoms with Gasteiger partial charge in [0.05, 0.1) is 4.92 Å². The fourth-order valence-corrected chi connectivity index (χ4v) is 3.65. The number of nitro groups is 1. The second-order valence-corrected chi connectivity index (χ2v) is 6.56. The summed E-state index contributed by atoms with van der Waals surface area (Å²) in [4.78, 5) is 27.9. The number of fused-ring (bicyclic) bond motifs is 4. The summed E-state index contributed by atoms with van der Waals surface area (Å²) in [5.41, 5.74) is 0.763. The van der Waals surface area contributed by atoms with E-state index in [4.69, 9.17) is 5.11 Å². The van der Waals surface area contributed by atoms with Crippen molar-refractivity contribution < 1.29 is 14.8 Å². The number of nitrogens with one attached hydrogen (secondary N) is 1. The summed E-state index contributed by atoms with van der Waals surface area (Å²) in [7, 11) is 0. The molecule has 0 saturated carbocycles. The summed E-state index contributed by atoms with van der Waals surface area (Å²) < 4.78 is 0. The summed E-state index contributed by atoms with van der Waals surface area (Å²) in [6, 6.07) is 5.23. The van der Waals surface area contributed by atoms with Crippen LogP contribution in [0.5, 0.6) is 0 Å². The van der Waals surface area contributed by atoms with Crippen molar-refractivity contribution in [2.45, 2.75) is 25.3 Å². The third-order valence-corrected chi connectivity index (χ3v) is 5.03. The summed E-state index contributed by atoms with van der Waals surface area (Å²) >= 11 is 0. The number of nitrogens with zero attached hydrogens (tertiary/aromatic N) is 3. The van der Waals surface area contributed by atoms with E-state index < -0.39 is 10.8 Å². The number of piperidine rings is 1. The Kier molecular flexibility index (Phi) is 5.50. The van der Waals surface area contributed by atoms with E-state index in [9.17, 15) is 14.9 Å². The third kappa shape index (κ3) is 3.91. The van der Waals surface area contributed by atoms with Crippen molar-refractivity contribution in [3.63, 3.8) is 0 Å². The molecule has 0 unspecified atom stereocenters. The molecule has 136 valence electrons. The average Bonchev–Trinajstić information content (AvgIpc) is 2.95. The molecule has 8 heteroatoms. The van der Waals surface area contributed by atoms with Crippen LogP contribution >= 0.6 is 0 Å². The molecule has 1 aromatic rings. The van der Waals surface area contributed by atoms with Gasteiger partial charge in [0.25, 0.3) is 11.6 Å². The Morgan fingerprint density at radius 3 is 2.72 bits per heavy atom. The van der Waals surface area contributed by atoms with Gasteiger partial charge in [0.15, 0.2) is 0 Å². The molecule has 3 saturated heterocycles. The molecule has 25 heavy (non-hydrogen) atoms. The van der Waals surface area contributed by atoms with Gasteiger partial charge in [-0.05, 0) is 31.4 Å². The lowest BCUT2D eigenvalue weighted by Crippen LogP contribution is -2.38. The fraction of sp³-hybridized carbons (Fsp3) is 0.588. The largest absolute Gasteiger partial charge is 0.396 e. The Labute approximate surface area is 146 Å². The number of hydrogen-bond donors (Lipinski definition) is 2. The lowest BCUT2D eigenvalue weighted by Gasteiger charge is -2.33. The molecule has 0 spiro atoms. The molecule has 3 aliphatic rings. The van der Waals surface area contributed by atoms with Crippen LogP contribution in [0, 0.1) is 10.1 Å². The summed E-state index contributed by atoms with van der Waals surface area (Å²) in [6.07, 6.45) is 2.58. The first-order valence-corrected chi connectivity index (χ1v) is 8.76. The minimum absolute atomic E-state index is 0.0334. The SMILES string of the molecule is O=C(NCCCO)c1cc(N2CCN3CCC2CC3)ccc1[N+](=O)[O-]. The number of hydrogen-bond acceptors (Lipinski definition) is 6. The van der Waals surface area contributed by atoms with Crippen molar-refractivity contribution in [3.05, 3.63) is 33.9 Å². The number of amides is 1. The molecule has 3 fully saturated rings. The van der Waals surface area contributed by atoms with Gasteiger partial charge in [-0.25, -0.2) is 0 Å². The Bertz CT molecular complexity index is 644. The predicted octanol–water partition coefficient (Wildman–Crippen LogP) is 0.991. The molecule has 0 aromatic heterocycles. The van der Waals surface area contributed by atoms with Gasteiger partial charge in [0.2, 0.25) is 0 Å². The Balaban J connectivity index is 1.86. The lowest BCUT2D eigenvalue weighted by atomic mass is 10.0. The van der Waals surface area contributed by atoms with Crippen molar-refractivity contribution in [2.75, 3.05) is 44.2 Å². The van der Waals surface area contributed by atoms with Gasteiger partial charge in [-0.15, -0.1) is 0 Å². The van der Waals surface area contributed by atoms with Crippen LogP contribution in [0.2, 0.25) is 0 Å². The fourth-order valence-electron chi connectivity index (χ4n) is 3.65. The highest BCUT2D eigenvalue weighted by Crippen LogP contribution is 2.30. The normalized spacial score (nSPS) is 22.5. The number of aliphatic hydroxyl groups excluding tert-OH is 1. The van der Waals surface area contributed by atoms with E-state index in [1.54, 1.807) is 12.1 Å². The van der Waals surface area contributed by atoms with Crippen LogP contribution in [0.25, 0.3) is 0 Å². The Hall–Kier alpha value is -2.19. The molecule has 0 radical (unpaired) electrons. The van der Waals surface area contributed by atoms with E-state index >= 15 is 0 Å². The van der Waals surface area contributed by atoms with Crippen LogP contribution in [0.3, 0.4) is 0 Å². The third-order valence-electron chi connectivity index (χ3n) is 5.03. The average molecular weight is 348 g/mol. The number of aliphatic hydroxyl groups is 1. The second-order valence-electron chi connectivity index (χ2n) is 6.56. The zero-order valence-electron chi connectivity index (χ0n) is 14.2. The van der Waals surface area contributed by atoms with Crippen molar-refractivity contribution in [2.24, 2.45) is 0 Å². The lowest BCUT2D eigenvalue weighted by molar-refractivity contribution is -0.385. The molecule has 4 rings (SSSR count). The van der Waals surface area contributed by atoms with Gasteiger partial charge in [-0.3, -0.25) is 14.9 Å². The topological polar surface area (TPSA) is 99.0 Å². The van der Waals surface area contributed by atoms with Gasteiger partial charge in [0.1, 0.15) is 5.56 Å². The van der Waals surface area contributed by atoms with Crippen LogP contribution < -0.4 is 10.2 Å². The molecular weight excluding hydrogens is 324 g/mol. The van der Waals surface area contributed by atoms with E-state index in [-0.39, 0.29) is 24.4 Å². The van der Waals surface area contributed by atoms with E-state index in [1.807, 2.05) is 0 Å². The molecule has 2 N–H and O–H groups in total. The molecule has 3 aliphatic heterocycles. The van der Waals surface area contributed by atoms with Gasteiger partial charge in [-0.2, -0.15) is 0 Å². The van der Waals surface area contributed by atoms with Crippen molar-refractivity contribution >= 4 is 17.3 Å².